The number of rotatable bonds is 5. The van der Waals surface area contributed by atoms with Gasteiger partial charge in [-0.2, -0.15) is 0 Å². The Morgan fingerprint density at radius 1 is 0.292 bits per heavy atom. The second-order valence-electron chi connectivity index (χ2n) is 12.1. The van der Waals surface area contributed by atoms with Gasteiger partial charge in [0.25, 0.3) is 0 Å². The number of benzene rings is 7. The van der Waals surface area contributed by atoms with Gasteiger partial charge >= 0.3 is 0 Å². The van der Waals surface area contributed by atoms with Crippen LogP contribution in [-0.2, 0) is 0 Å². The van der Waals surface area contributed by atoms with Crippen LogP contribution in [0.15, 0.2) is 176 Å². The van der Waals surface area contributed by atoms with Crippen LogP contribution in [0.3, 0.4) is 0 Å². The highest BCUT2D eigenvalue weighted by atomic mass is 14.9. The summed E-state index contributed by atoms with van der Waals surface area (Å²) in [6.07, 6.45) is 3.69. The SMILES string of the molecule is c1ccc(-c2nc(-c3ccc(-c4ccc5c6ccccc6c6ccccc6c5c4)cc3)cc(-c3cccc(-c4cccnc4)c3)n2)cc1. The van der Waals surface area contributed by atoms with Gasteiger partial charge in [-0.15, -0.1) is 0 Å². The van der Waals surface area contributed by atoms with E-state index in [0.29, 0.717) is 5.82 Å². The summed E-state index contributed by atoms with van der Waals surface area (Å²) in [5.74, 6) is 0.701. The van der Waals surface area contributed by atoms with Gasteiger partial charge in [-0.25, -0.2) is 9.97 Å². The van der Waals surface area contributed by atoms with Gasteiger partial charge in [0.05, 0.1) is 11.4 Å². The van der Waals surface area contributed by atoms with Crippen LogP contribution in [0.1, 0.15) is 0 Å². The van der Waals surface area contributed by atoms with Crippen LogP contribution in [-0.4, -0.2) is 15.0 Å². The molecule has 0 fully saturated rings. The van der Waals surface area contributed by atoms with Crippen molar-refractivity contribution in [3.05, 3.63) is 176 Å². The van der Waals surface area contributed by atoms with Gasteiger partial charge in [-0.1, -0.05) is 140 Å². The summed E-state index contributed by atoms with van der Waals surface area (Å²) in [7, 11) is 0. The first-order valence-corrected chi connectivity index (χ1v) is 16.2. The summed E-state index contributed by atoms with van der Waals surface area (Å²) in [5.41, 5.74) is 9.34. The molecule has 3 nitrogen and oxygen atoms in total. The maximum Gasteiger partial charge on any atom is 0.160 e. The van der Waals surface area contributed by atoms with Crippen molar-refractivity contribution in [3.8, 4) is 56.2 Å². The van der Waals surface area contributed by atoms with Crippen LogP contribution in [0.4, 0.5) is 0 Å². The minimum atomic E-state index is 0.701. The molecule has 0 aliphatic carbocycles. The molecular weight excluding hydrogens is 583 g/mol. The van der Waals surface area contributed by atoms with Crippen molar-refractivity contribution in [2.75, 3.05) is 0 Å². The summed E-state index contributed by atoms with van der Waals surface area (Å²) < 4.78 is 0. The molecule has 0 N–H and O–H groups in total. The Bertz CT molecular complexity index is 2560. The van der Waals surface area contributed by atoms with Gasteiger partial charge in [0, 0.05) is 34.6 Å². The van der Waals surface area contributed by atoms with Gasteiger partial charge in [0.1, 0.15) is 0 Å². The van der Waals surface area contributed by atoms with E-state index in [9.17, 15) is 0 Å². The van der Waals surface area contributed by atoms with Gasteiger partial charge in [0.2, 0.25) is 0 Å². The van der Waals surface area contributed by atoms with Gasteiger partial charge in [-0.05, 0) is 73.3 Å². The van der Waals surface area contributed by atoms with E-state index in [1.807, 2.05) is 30.5 Å². The average Bonchev–Trinajstić information content (AvgIpc) is 3.18. The minimum Gasteiger partial charge on any atom is -0.264 e. The maximum absolute atomic E-state index is 5.07. The van der Waals surface area contributed by atoms with Crippen molar-refractivity contribution in [3.63, 3.8) is 0 Å². The Morgan fingerprint density at radius 3 is 1.50 bits per heavy atom. The van der Waals surface area contributed by atoms with E-state index in [1.54, 1.807) is 6.20 Å². The molecule has 0 spiro atoms. The second kappa shape index (κ2) is 11.7. The highest BCUT2D eigenvalue weighted by molar-refractivity contribution is 6.25. The average molecular weight is 612 g/mol. The topological polar surface area (TPSA) is 38.7 Å². The van der Waals surface area contributed by atoms with Crippen molar-refractivity contribution < 1.29 is 0 Å². The molecule has 3 heteroatoms. The molecule has 2 heterocycles. The summed E-state index contributed by atoms with van der Waals surface area (Å²) in [6, 6.07) is 57.8. The molecule has 9 rings (SSSR count). The van der Waals surface area contributed by atoms with E-state index in [0.717, 1.165) is 39.2 Å². The molecule has 0 aliphatic rings. The molecule has 0 radical (unpaired) electrons. The first-order valence-electron chi connectivity index (χ1n) is 16.2. The summed E-state index contributed by atoms with van der Waals surface area (Å²) in [6.45, 7) is 0. The highest BCUT2D eigenvalue weighted by Crippen LogP contribution is 2.37. The number of pyridine rings is 1. The third-order valence-corrected chi connectivity index (χ3v) is 9.17. The number of fused-ring (bicyclic) bond motifs is 6. The van der Waals surface area contributed by atoms with Crippen LogP contribution in [0, 0.1) is 0 Å². The predicted molar refractivity (Wildman–Crippen MR) is 200 cm³/mol. The van der Waals surface area contributed by atoms with Gasteiger partial charge < -0.3 is 0 Å². The van der Waals surface area contributed by atoms with Crippen molar-refractivity contribution >= 4 is 32.3 Å². The van der Waals surface area contributed by atoms with Crippen molar-refractivity contribution in [2.45, 2.75) is 0 Å². The Labute approximate surface area is 278 Å². The van der Waals surface area contributed by atoms with E-state index in [2.05, 4.69) is 145 Å². The standard InChI is InChI=1S/C45H29N3/c1-2-10-32(11-3-1)45-47-43(28-44(48-45)35-13-8-12-33(26-35)36-14-9-25-46-29-36)31-21-19-30(20-22-31)34-23-24-41-39-17-5-4-15-37(39)38-16-6-7-18-40(38)42(41)27-34/h1-29H. The lowest BCUT2D eigenvalue weighted by Crippen LogP contribution is -1.96. The summed E-state index contributed by atoms with van der Waals surface area (Å²) >= 11 is 0. The van der Waals surface area contributed by atoms with E-state index in [4.69, 9.17) is 9.97 Å². The van der Waals surface area contributed by atoms with E-state index >= 15 is 0 Å². The van der Waals surface area contributed by atoms with Crippen molar-refractivity contribution in [1.29, 1.82) is 0 Å². The van der Waals surface area contributed by atoms with E-state index in [-0.39, 0.29) is 0 Å². The Hall–Kier alpha value is -6.45. The van der Waals surface area contributed by atoms with Crippen LogP contribution in [0.2, 0.25) is 0 Å². The lowest BCUT2D eigenvalue weighted by molar-refractivity contribution is 1.18. The zero-order valence-corrected chi connectivity index (χ0v) is 26.1. The fraction of sp³-hybridized carbons (Fsp3) is 0. The molecule has 2 aromatic heterocycles. The Kier molecular flexibility index (Phi) is 6.80. The van der Waals surface area contributed by atoms with Crippen LogP contribution in [0.5, 0.6) is 0 Å². The molecule has 0 unspecified atom stereocenters. The Morgan fingerprint density at radius 2 is 0.812 bits per heavy atom. The lowest BCUT2D eigenvalue weighted by Gasteiger charge is -2.13. The van der Waals surface area contributed by atoms with Crippen LogP contribution in [0.25, 0.3) is 88.5 Å². The zero-order valence-electron chi connectivity index (χ0n) is 26.1. The molecule has 0 atom stereocenters. The molecule has 0 saturated heterocycles. The van der Waals surface area contributed by atoms with Crippen LogP contribution >= 0.6 is 0 Å². The van der Waals surface area contributed by atoms with Crippen molar-refractivity contribution in [2.24, 2.45) is 0 Å². The Balaban J connectivity index is 1.14. The normalized spacial score (nSPS) is 11.3. The first kappa shape index (κ1) is 27.8. The largest absolute Gasteiger partial charge is 0.264 e. The fourth-order valence-electron chi connectivity index (χ4n) is 6.77. The quantitative estimate of drug-likeness (QED) is 0.182. The van der Waals surface area contributed by atoms with E-state index < -0.39 is 0 Å². The second-order valence-corrected chi connectivity index (χ2v) is 12.1. The lowest BCUT2D eigenvalue weighted by atomic mass is 9.92. The van der Waals surface area contributed by atoms with E-state index in [1.165, 1.54) is 43.4 Å². The smallest absolute Gasteiger partial charge is 0.160 e. The minimum absolute atomic E-state index is 0.701. The zero-order chi connectivity index (χ0) is 31.9. The van der Waals surface area contributed by atoms with Gasteiger partial charge in [-0.3, -0.25) is 4.98 Å². The molecule has 224 valence electrons. The molecule has 7 aromatic carbocycles. The number of hydrogen-bond donors (Lipinski definition) is 0. The molecular formula is C45H29N3. The maximum atomic E-state index is 5.07. The third-order valence-electron chi connectivity index (χ3n) is 9.17. The highest BCUT2D eigenvalue weighted by Gasteiger charge is 2.13. The molecule has 0 aliphatic heterocycles. The molecule has 48 heavy (non-hydrogen) atoms. The number of aromatic nitrogens is 3. The summed E-state index contributed by atoms with van der Waals surface area (Å²) in [4.78, 5) is 14.4. The van der Waals surface area contributed by atoms with Gasteiger partial charge in [0.15, 0.2) is 5.82 Å². The fourth-order valence-corrected chi connectivity index (χ4v) is 6.77. The van der Waals surface area contributed by atoms with Crippen molar-refractivity contribution in [1.82, 2.24) is 15.0 Å². The number of hydrogen-bond acceptors (Lipinski definition) is 3. The number of nitrogens with zero attached hydrogens (tertiary/aromatic N) is 3. The molecule has 9 aromatic rings. The first-order chi connectivity index (χ1) is 23.8. The molecule has 0 bridgehead atoms. The summed E-state index contributed by atoms with van der Waals surface area (Å²) in [5, 5.41) is 7.69. The molecule has 0 amide bonds. The monoisotopic (exact) mass is 611 g/mol. The van der Waals surface area contributed by atoms with Crippen LogP contribution < -0.4 is 0 Å². The third kappa shape index (κ3) is 4.99. The molecule has 0 saturated carbocycles. The predicted octanol–water partition coefficient (Wildman–Crippen LogP) is 11.7.